The fraction of sp³-hybridized carbons (Fsp3) is 0. The summed E-state index contributed by atoms with van der Waals surface area (Å²) in [5, 5.41) is 2.23. The Bertz CT molecular complexity index is 2940. The molecule has 0 aliphatic heterocycles. The van der Waals surface area contributed by atoms with Gasteiger partial charge in [0.2, 0.25) is 0 Å². The Labute approximate surface area is 327 Å². The van der Waals surface area contributed by atoms with Gasteiger partial charge in [-0.15, -0.1) is 0 Å². The van der Waals surface area contributed by atoms with Crippen molar-refractivity contribution in [3.63, 3.8) is 0 Å². The van der Waals surface area contributed by atoms with Crippen LogP contribution in [0.2, 0.25) is 0 Å². The minimum atomic E-state index is 0.860. The van der Waals surface area contributed by atoms with Gasteiger partial charge in [0.05, 0.1) is 5.69 Å². The molecule has 0 N–H and O–H groups in total. The van der Waals surface area contributed by atoms with E-state index in [9.17, 15) is 0 Å². The summed E-state index contributed by atoms with van der Waals surface area (Å²) >= 11 is 0. The van der Waals surface area contributed by atoms with Crippen LogP contribution in [0.15, 0.2) is 229 Å². The van der Waals surface area contributed by atoms with Gasteiger partial charge >= 0.3 is 0 Å². The van der Waals surface area contributed by atoms with Crippen LogP contribution in [0.5, 0.6) is 0 Å². The van der Waals surface area contributed by atoms with Crippen LogP contribution in [0.1, 0.15) is 0 Å². The first-order chi connectivity index (χ1) is 27.8. The maximum atomic E-state index is 6.45. The van der Waals surface area contributed by atoms with Gasteiger partial charge in [0.25, 0.3) is 0 Å². The molecule has 0 amide bonds. The first-order valence-electron chi connectivity index (χ1n) is 19.1. The molecular weight excluding hydrogens is 679 g/mol. The van der Waals surface area contributed by atoms with E-state index in [1.807, 2.05) is 12.1 Å². The Morgan fingerprint density at radius 3 is 1.36 bits per heavy atom. The van der Waals surface area contributed by atoms with Gasteiger partial charge < -0.3 is 9.32 Å². The SMILES string of the molecule is c1ccc(-c2ccc(-c3ccc(N(c4ccc5c(c4)oc4ccccc45)c4ccccc4-c4ccccc4-c4ccccc4-c4ccccc4)cc3)cc2)cc1. The van der Waals surface area contributed by atoms with Crippen molar-refractivity contribution in [3.8, 4) is 55.6 Å². The summed E-state index contributed by atoms with van der Waals surface area (Å²) in [5.41, 5.74) is 16.7. The molecule has 0 bridgehead atoms. The molecule has 264 valence electrons. The lowest BCUT2D eigenvalue weighted by molar-refractivity contribution is 0.669. The van der Waals surface area contributed by atoms with Crippen molar-refractivity contribution in [2.75, 3.05) is 4.90 Å². The minimum absolute atomic E-state index is 0.860. The summed E-state index contributed by atoms with van der Waals surface area (Å²) in [4.78, 5) is 2.37. The summed E-state index contributed by atoms with van der Waals surface area (Å²) in [7, 11) is 0. The van der Waals surface area contributed by atoms with Crippen LogP contribution in [-0.2, 0) is 0 Å². The standard InChI is InChI=1S/C54H37NO/c1-3-15-38(16-4-1)39-27-29-40(30-28-39)41-31-33-43(34-32-41)55(44-35-36-51-50-24-12-14-26-53(50)56-54(51)37-44)52-25-13-11-23-49(52)48-22-10-9-21-47(48)46-20-8-7-19-45(46)42-17-5-2-6-18-42/h1-37H. The molecule has 0 atom stereocenters. The van der Waals surface area contributed by atoms with E-state index in [1.54, 1.807) is 0 Å². The first-order valence-corrected chi connectivity index (χ1v) is 19.1. The monoisotopic (exact) mass is 715 g/mol. The van der Waals surface area contributed by atoms with Crippen molar-refractivity contribution in [1.29, 1.82) is 0 Å². The molecule has 56 heavy (non-hydrogen) atoms. The Balaban J connectivity index is 1.12. The smallest absolute Gasteiger partial charge is 0.137 e. The molecule has 1 aromatic heterocycles. The third-order valence-corrected chi connectivity index (χ3v) is 10.7. The van der Waals surface area contributed by atoms with Crippen LogP contribution in [-0.4, -0.2) is 0 Å². The molecule has 10 rings (SSSR count). The van der Waals surface area contributed by atoms with E-state index in [2.05, 4.69) is 217 Å². The lowest BCUT2D eigenvalue weighted by atomic mass is 9.88. The predicted molar refractivity (Wildman–Crippen MR) is 236 cm³/mol. The van der Waals surface area contributed by atoms with Gasteiger partial charge in [0.1, 0.15) is 11.2 Å². The molecule has 0 aliphatic rings. The quantitative estimate of drug-likeness (QED) is 0.156. The number of anilines is 3. The van der Waals surface area contributed by atoms with Crippen molar-refractivity contribution in [2.45, 2.75) is 0 Å². The van der Waals surface area contributed by atoms with Gasteiger partial charge in [-0.25, -0.2) is 0 Å². The number of rotatable bonds is 8. The summed E-state index contributed by atoms with van der Waals surface area (Å²) in [6.45, 7) is 0. The molecule has 1 heterocycles. The Hall–Kier alpha value is -7.42. The van der Waals surface area contributed by atoms with Crippen LogP contribution in [0.25, 0.3) is 77.6 Å². The number of fused-ring (bicyclic) bond motifs is 3. The van der Waals surface area contributed by atoms with Gasteiger partial charge in [-0.1, -0.05) is 182 Å². The zero-order valence-electron chi connectivity index (χ0n) is 30.7. The second-order valence-corrected chi connectivity index (χ2v) is 14.1. The molecule has 0 unspecified atom stereocenters. The van der Waals surface area contributed by atoms with E-state index in [1.165, 1.54) is 38.9 Å². The molecule has 2 heteroatoms. The van der Waals surface area contributed by atoms with Crippen LogP contribution in [0, 0.1) is 0 Å². The molecule has 0 spiro atoms. The van der Waals surface area contributed by atoms with E-state index in [0.717, 1.165) is 55.7 Å². The minimum Gasteiger partial charge on any atom is -0.456 e. The van der Waals surface area contributed by atoms with Gasteiger partial charge in [-0.3, -0.25) is 0 Å². The second-order valence-electron chi connectivity index (χ2n) is 14.1. The highest BCUT2D eigenvalue weighted by atomic mass is 16.3. The van der Waals surface area contributed by atoms with Crippen molar-refractivity contribution in [2.24, 2.45) is 0 Å². The Kier molecular flexibility index (Phi) is 8.55. The highest BCUT2D eigenvalue weighted by Crippen LogP contribution is 2.46. The van der Waals surface area contributed by atoms with E-state index in [0.29, 0.717) is 0 Å². The second kappa shape index (κ2) is 14.4. The Morgan fingerprint density at radius 2 is 0.696 bits per heavy atom. The highest BCUT2D eigenvalue weighted by molar-refractivity contribution is 6.06. The Morgan fingerprint density at radius 1 is 0.268 bits per heavy atom. The zero-order valence-corrected chi connectivity index (χ0v) is 30.7. The fourth-order valence-electron chi connectivity index (χ4n) is 8.01. The number of hydrogen-bond donors (Lipinski definition) is 0. The zero-order chi connectivity index (χ0) is 37.3. The summed E-state index contributed by atoms with van der Waals surface area (Å²) < 4.78 is 6.45. The molecule has 0 saturated carbocycles. The maximum absolute atomic E-state index is 6.45. The van der Waals surface area contributed by atoms with Crippen molar-refractivity contribution < 1.29 is 4.42 Å². The molecular formula is C54H37NO. The van der Waals surface area contributed by atoms with E-state index < -0.39 is 0 Å². The van der Waals surface area contributed by atoms with Gasteiger partial charge in [0, 0.05) is 33.8 Å². The average Bonchev–Trinajstić information content (AvgIpc) is 3.66. The number of benzene rings is 9. The number of nitrogens with zero attached hydrogens (tertiary/aromatic N) is 1. The maximum Gasteiger partial charge on any atom is 0.137 e. The lowest BCUT2D eigenvalue weighted by Gasteiger charge is -2.28. The summed E-state index contributed by atoms with van der Waals surface area (Å²) in [6.07, 6.45) is 0. The molecule has 0 saturated heterocycles. The summed E-state index contributed by atoms with van der Waals surface area (Å²) in [5.74, 6) is 0. The lowest BCUT2D eigenvalue weighted by Crippen LogP contribution is -2.11. The molecule has 2 nitrogen and oxygen atoms in total. The fourth-order valence-corrected chi connectivity index (χ4v) is 8.01. The molecule has 0 aliphatic carbocycles. The number of furan rings is 1. The van der Waals surface area contributed by atoms with E-state index in [4.69, 9.17) is 4.42 Å². The number of para-hydroxylation sites is 2. The van der Waals surface area contributed by atoms with Crippen molar-refractivity contribution in [1.82, 2.24) is 0 Å². The van der Waals surface area contributed by atoms with Crippen LogP contribution in [0.3, 0.4) is 0 Å². The van der Waals surface area contributed by atoms with E-state index in [-0.39, 0.29) is 0 Å². The topological polar surface area (TPSA) is 16.4 Å². The molecule has 9 aromatic carbocycles. The van der Waals surface area contributed by atoms with Crippen LogP contribution < -0.4 is 4.90 Å². The van der Waals surface area contributed by atoms with Crippen molar-refractivity contribution >= 4 is 39.0 Å². The molecule has 10 aromatic rings. The average molecular weight is 716 g/mol. The number of hydrogen-bond acceptors (Lipinski definition) is 2. The van der Waals surface area contributed by atoms with Crippen LogP contribution in [0.4, 0.5) is 17.1 Å². The normalized spacial score (nSPS) is 11.2. The highest BCUT2D eigenvalue weighted by Gasteiger charge is 2.21. The molecule has 0 fully saturated rings. The molecule has 0 radical (unpaired) electrons. The van der Waals surface area contributed by atoms with E-state index >= 15 is 0 Å². The van der Waals surface area contributed by atoms with Crippen LogP contribution >= 0.6 is 0 Å². The third kappa shape index (κ3) is 6.14. The van der Waals surface area contributed by atoms with Crippen molar-refractivity contribution in [3.05, 3.63) is 224 Å². The van der Waals surface area contributed by atoms with Gasteiger partial charge in [-0.05, 0) is 86.5 Å². The predicted octanol–water partition coefficient (Wildman–Crippen LogP) is 15.4. The third-order valence-electron chi connectivity index (χ3n) is 10.7. The van der Waals surface area contributed by atoms with Gasteiger partial charge in [0.15, 0.2) is 0 Å². The largest absolute Gasteiger partial charge is 0.456 e. The summed E-state index contributed by atoms with van der Waals surface area (Å²) in [6, 6.07) is 80.0. The first kappa shape index (κ1) is 33.2. The van der Waals surface area contributed by atoms with Gasteiger partial charge in [-0.2, -0.15) is 0 Å².